The molecule has 0 radical (unpaired) electrons. The molecular weight excluding hydrogens is 356 g/mol. The maximum absolute atomic E-state index is 11.5. The van der Waals surface area contributed by atoms with Gasteiger partial charge in [0, 0.05) is 35.3 Å². The summed E-state index contributed by atoms with van der Waals surface area (Å²) in [5.41, 5.74) is 3.64. The summed E-state index contributed by atoms with van der Waals surface area (Å²) in [5, 5.41) is 0. The minimum atomic E-state index is 0.707. The average Bonchev–Trinajstić information content (AvgIpc) is 2.73. The van der Waals surface area contributed by atoms with E-state index in [2.05, 4.69) is 20.9 Å². The lowest BCUT2D eigenvalue weighted by Crippen LogP contribution is -2.13. The van der Waals surface area contributed by atoms with E-state index in [9.17, 15) is 4.79 Å². The molecule has 0 saturated heterocycles. The van der Waals surface area contributed by atoms with Crippen molar-refractivity contribution in [1.82, 2.24) is 4.90 Å². The van der Waals surface area contributed by atoms with E-state index in [1.54, 1.807) is 6.34 Å². The highest BCUT2D eigenvalue weighted by atomic mass is 79.9. The molecule has 23 heavy (non-hydrogen) atoms. The van der Waals surface area contributed by atoms with Gasteiger partial charge >= 0.3 is 0 Å². The zero-order valence-electron chi connectivity index (χ0n) is 13.3. The number of nitrogens with zero attached hydrogens (tertiary/aromatic N) is 2. The van der Waals surface area contributed by atoms with E-state index in [0.717, 1.165) is 64.6 Å². The summed E-state index contributed by atoms with van der Waals surface area (Å²) >= 11 is 3.52. The van der Waals surface area contributed by atoms with Crippen LogP contribution in [0.1, 0.15) is 31.2 Å². The smallest absolute Gasteiger partial charge is 0.149 e. The van der Waals surface area contributed by atoms with Crippen molar-refractivity contribution in [3.8, 4) is 5.75 Å². The molecule has 1 aromatic rings. The quantitative estimate of drug-likeness (QED) is 0.452. The van der Waals surface area contributed by atoms with Gasteiger partial charge in [0.2, 0.25) is 0 Å². The van der Waals surface area contributed by atoms with E-state index < -0.39 is 0 Å². The number of halogens is 1. The largest absolute Gasteiger partial charge is 0.456 e. The van der Waals surface area contributed by atoms with Crippen molar-refractivity contribution < 1.29 is 9.53 Å². The molecule has 5 heteroatoms. The molecule has 0 fully saturated rings. The number of carbonyl (C=O) groups excluding carboxylic acids is 1. The Labute approximate surface area is 144 Å². The van der Waals surface area contributed by atoms with Gasteiger partial charge in [0.1, 0.15) is 17.8 Å². The van der Waals surface area contributed by atoms with Crippen LogP contribution < -0.4 is 4.74 Å². The molecule has 0 bridgehead atoms. The number of hydrogen-bond donors (Lipinski definition) is 0. The van der Waals surface area contributed by atoms with Crippen LogP contribution in [0.3, 0.4) is 0 Å². The molecule has 0 atom stereocenters. The van der Waals surface area contributed by atoms with Gasteiger partial charge in [-0.15, -0.1) is 0 Å². The third kappa shape index (κ3) is 3.24. The van der Waals surface area contributed by atoms with E-state index in [-0.39, 0.29) is 0 Å². The molecule has 2 aliphatic rings. The minimum Gasteiger partial charge on any atom is -0.456 e. The van der Waals surface area contributed by atoms with Crippen molar-refractivity contribution in [3.63, 3.8) is 0 Å². The van der Waals surface area contributed by atoms with E-state index in [0.29, 0.717) is 5.76 Å². The Balaban J connectivity index is 2.25. The van der Waals surface area contributed by atoms with Gasteiger partial charge in [0.25, 0.3) is 0 Å². The van der Waals surface area contributed by atoms with Gasteiger partial charge in [-0.05, 0) is 43.9 Å². The Hall–Kier alpha value is -1.88. The lowest BCUT2D eigenvalue weighted by molar-refractivity contribution is -0.105. The highest BCUT2D eigenvalue weighted by Crippen LogP contribution is 2.43. The van der Waals surface area contributed by atoms with Crippen molar-refractivity contribution >= 4 is 34.3 Å². The molecule has 3 rings (SSSR count). The van der Waals surface area contributed by atoms with Crippen LogP contribution in [0.2, 0.25) is 0 Å². The zero-order chi connectivity index (χ0) is 16.4. The highest BCUT2D eigenvalue weighted by Gasteiger charge is 2.28. The van der Waals surface area contributed by atoms with Crippen molar-refractivity contribution in [1.29, 1.82) is 0 Å². The van der Waals surface area contributed by atoms with Crippen LogP contribution >= 0.6 is 15.9 Å². The van der Waals surface area contributed by atoms with Crippen molar-refractivity contribution in [2.45, 2.75) is 25.7 Å². The van der Waals surface area contributed by atoms with Gasteiger partial charge in [-0.3, -0.25) is 4.79 Å². The van der Waals surface area contributed by atoms with Gasteiger partial charge in [0.05, 0.1) is 12.0 Å². The molecule has 0 aromatic heterocycles. The number of hydrogen-bond acceptors (Lipinski definition) is 3. The Morgan fingerprint density at radius 2 is 2.04 bits per heavy atom. The van der Waals surface area contributed by atoms with Crippen molar-refractivity contribution in [2.24, 2.45) is 4.99 Å². The first-order valence-electron chi connectivity index (χ1n) is 7.70. The average molecular weight is 375 g/mol. The van der Waals surface area contributed by atoms with E-state index in [1.165, 1.54) is 0 Å². The lowest BCUT2D eigenvalue weighted by atomic mass is 9.97. The molecule has 0 saturated carbocycles. The maximum Gasteiger partial charge on any atom is 0.149 e. The van der Waals surface area contributed by atoms with Gasteiger partial charge in [-0.2, -0.15) is 0 Å². The second-order valence-electron chi connectivity index (χ2n) is 5.96. The summed E-state index contributed by atoms with van der Waals surface area (Å²) in [6.07, 6.45) is 6.38. The molecule has 1 aliphatic heterocycles. The van der Waals surface area contributed by atoms with Crippen LogP contribution in [0, 0.1) is 0 Å². The maximum atomic E-state index is 11.5. The summed E-state index contributed by atoms with van der Waals surface area (Å²) in [6.45, 7) is 0. The Morgan fingerprint density at radius 1 is 1.26 bits per heavy atom. The van der Waals surface area contributed by atoms with Gasteiger partial charge in [0.15, 0.2) is 0 Å². The first-order valence-corrected chi connectivity index (χ1v) is 8.49. The Bertz CT molecular complexity index is 733. The third-order valence-electron chi connectivity index (χ3n) is 3.94. The molecule has 0 amide bonds. The Kier molecular flexibility index (Phi) is 4.66. The van der Waals surface area contributed by atoms with Crippen LogP contribution in [0.5, 0.6) is 5.75 Å². The first-order chi connectivity index (χ1) is 11.1. The van der Waals surface area contributed by atoms with Gasteiger partial charge in [-0.1, -0.05) is 15.9 Å². The number of allylic oxidation sites excluding steroid dienone is 2. The summed E-state index contributed by atoms with van der Waals surface area (Å²) in [5.74, 6) is 1.46. The fourth-order valence-electron chi connectivity index (χ4n) is 2.87. The fourth-order valence-corrected chi connectivity index (χ4v) is 3.23. The first kappa shape index (κ1) is 16.0. The number of aldehydes is 1. The fraction of sp³-hybridized carbons (Fsp3) is 0.333. The third-order valence-corrected chi connectivity index (χ3v) is 4.44. The molecular formula is C18H19BrN2O2. The van der Waals surface area contributed by atoms with E-state index >= 15 is 0 Å². The second-order valence-corrected chi connectivity index (χ2v) is 6.87. The number of rotatable bonds is 3. The monoisotopic (exact) mass is 374 g/mol. The molecule has 1 heterocycles. The summed E-state index contributed by atoms with van der Waals surface area (Å²) in [6, 6.07) is 5.88. The molecule has 4 nitrogen and oxygen atoms in total. The second kappa shape index (κ2) is 6.71. The summed E-state index contributed by atoms with van der Waals surface area (Å²) in [7, 11) is 3.88. The van der Waals surface area contributed by atoms with Crippen LogP contribution in [-0.2, 0) is 4.79 Å². The molecule has 0 unspecified atom stereocenters. The molecule has 1 aliphatic carbocycles. The Morgan fingerprint density at radius 3 is 2.78 bits per heavy atom. The van der Waals surface area contributed by atoms with Crippen LogP contribution in [0.15, 0.2) is 44.6 Å². The molecule has 0 N–H and O–H groups in total. The zero-order valence-corrected chi connectivity index (χ0v) is 14.9. The molecule has 0 spiro atoms. The number of carbonyl (C=O) groups is 1. The number of fused-ring (bicyclic) bond motifs is 2. The van der Waals surface area contributed by atoms with Crippen molar-refractivity contribution in [3.05, 3.63) is 45.1 Å². The predicted molar refractivity (Wildman–Crippen MR) is 95.4 cm³/mol. The van der Waals surface area contributed by atoms with Gasteiger partial charge in [-0.25, -0.2) is 4.99 Å². The van der Waals surface area contributed by atoms with Crippen molar-refractivity contribution in [2.75, 3.05) is 14.1 Å². The predicted octanol–water partition coefficient (Wildman–Crippen LogP) is 4.17. The van der Waals surface area contributed by atoms with E-state index in [4.69, 9.17) is 4.74 Å². The lowest BCUT2D eigenvalue weighted by Gasteiger charge is -2.24. The van der Waals surface area contributed by atoms with Crippen LogP contribution in [0.4, 0.5) is 0 Å². The summed E-state index contributed by atoms with van der Waals surface area (Å²) < 4.78 is 7.07. The molecule has 120 valence electrons. The summed E-state index contributed by atoms with van der Waals surface area (Å²) in [4.78, 5) is 18.1. The standard InChI is InChI=1S/C18H19BrN2O2/c1-21(2)11-20-17-14-6-4-3-5-12(10-22)18(14)23-16-8-7-13(19)9-15(16)17/h7-11H,3-6H2,1-2H3. The number of ether oxygens (including phenoxy) is 1. The SMILES string of the molecule is CN(C)C=NC1=C2CCCCC(C=O)=C2Oc2ccc(Br)cc21. The van der Waals surface area contributed by atoms with E-state index in [1.807, 2.05) is 37.2 Å². The van der Waals surface area contributed by atoms with Crippen LogP contribution in [0.25, 0.3) is 5.70 Å². The normalized spacial score (nSPS) is 17.5. The topological polar surface area (TPSA) is 41.9 Å². The minimum absolute atomic E-state index is 0.707. The van der Waals surface area contributed by atoms with Gasteiger partial charge < -0.3 is 9.64 Å². The number of benzene rings is 1. The number of aliphatic imine (C=N–C) groups is 1. The highest BCUT2D eigenvalue weighted by molar-refractivity contribution is 9.10. The molecule has 1 aromatic carbocycles. The van der Waals surface area contributed by atoms with Crippen LogP contribution in [-0.4, -0.2) is 31.6 Å².